The van der Waals surface area contributed by atoms with Gasteiger partial charge in [0.05, 0.1) is 21.5 Å². The van der Waals surface area contributed by atoms with Gasteiger partial charge in [0.25, 0.3) is 5.91 Å². The number of nitrogens with one attached hydrogen (secondary N) is 2. The quantitative estimate of drug-likeness (QED) is 0.380. The van der Waals surface area contributed by atoms with E-state index in [0.717, 1.165) is 12.1 Å². The molecule has 2 amide bonds. The first-order chi connectivity index (χ1) is 14.3. The zero-order valence-corrected chi connectivity index (χ0v) is 18.2. The van der Waals surface area contributed by atoms with Crippen LogP contribution in [0.2, 0.25) is 10.0 Å². The summed E-state index contributed by atoms with van der Waals surface area (Å²) in [5, 5.41) is 3.98. The van der Waals surface area contributed by atoms with Crippen LogP contribution in [0.4, 0.5) is 23.2 Å². The lowest BCUT2D eigenvalue weighted by Crippen LogP contribution is -2.33. The number of amides is 2. The van der Waals surface area contributed by atoms with Gasteiger partial charge in [0.1, 0.15) is 16.7 Å². The average molecular weight is 518 g/mol. The van der Waals surface area contributed by atoms with Crippen LogP contribution in [0.1, 0.15) is 21.8 Å². The molecule has 4 nitrogen and oxygen atoms in total. The van der Waals surface area contributed by atoms with Crippen molar-refractivity contribution in [3.63, 3.8) is 0 Å². The minimum absolute atomic E-state index is 0.0867. The molecule has 2 N–H and O–H groups in total. The highest BCUT2D eigenvalue weighted by Crippen LogP contribution is 2.65. The van der Waals surface area contributed by atoms with Gasteiger partial charge in [-0.15, -0.1) is 23.2 Å². The number of hydrogen-bond donors (Lipinski definition) is 2. The molecule has 0 aliphatic heterocycles. The van der Waals surface area contributed by atoms with Crippen LogP contribution in [-0.2, 0) is 4.79 Å². The van der Waals surface area contributed by atoms with E-state index in [4.69, 9.17) is 46.4 Å². The van der Waals surface area contributed by atoms with E-state index in [9.17, 15) is 27.2 Å². The van der Waals surface area contributed by atoms with Crippen LogP contribution in [0.5, 0.6) is 0 Å². The second kappa shape index (κ2) is 8.65. The van der Waals surface area contributed by atoms with Crippen molar-refractivity contribution >= 4 is 63.9 Å². The summed E-state index contributed by atoms with van der Waals surface area (Å²) in [7, 11) is 0. The predicted molar refractivity (Wildman–Crippen MR) is 111 cm³/mol. The fourth-order valence-corrected chi connectivity index (χ4v) is 4.20. The summed E-state index contributed by atoms with van der Waals surface area (Å²) in [6.07, 6.45) is -4.60. The van der Waals surface area contributed by atoms with Gasteiger partial charge in [0.15, 0.2) is 0 Å². The Hall–Kier alpha value is -1.74. The lowest BCUT2D eigenvalue weighted by molar-refractivity contribution is -0.123. The molecule has 3 rings (SSSR count). The van der Waals surface area contributed by atoms with E-state index in [1.54, 1.807) is 5.32 Å². The van der Waals surface area contributed by atoms with Gasteiger partial charge in [-0.25, -0.2) is 4.39 Å². The van der Waals surface area contributed by atoms with Crippen LogP contribution in [0, 0.1) is 11.7 Å². The monoisotopic (exact) mass is 516 g/mol. The normalized spacial score (nSPS) is 19.6. The molecule has 1 fully saturated rings. The number of hydrogen-bond acceptors (Lipinski definition) is 2. The van der Waals surface area contributed by atoms with Crippen LogP contribution in [0.3, 0.4) is 0 Å². The topological polar surface area (TPSA) is 58.2 Å². The Bertz CT molecular complexity index is 1050. The Morgan fingerprint density at radius 2 is 1.68 bits per heavy atom. The smallest absolute Gasteiger partial charge is 0.343 e. The van der Waals surface area contributed by atoms with Gasteiger partial charge in [-0.2, -0.15) is 13.2 Å². The van der Waals surface area contributed by atoms with Crippen LogP contribution in [-0.4, -0.2) is 28.9 Å². The van der Waals surface area contributed by atoms with Crippen molar-refractivity contribution in [3.05, 3.63) is 63.4 Å². The lowest BCUT2D eigenvalue weighted by atomic mass is 10.1. The minimum Gasteiger partial charge on any atom is -0.343 e. The molecule has 0 unspecified atom stereocenters. The Morgan fingerprint density at radius 1 is 1.03 bits per heavy atom. The van der Waals surface area contributed by atoms with Crippen LogP contribution >= 0.6 is 46.4 Å². The molecule has 2 aromatic rings. The van der Waals surface area contributed by atoms with Gasteiger partial charge in [0.2, 0.25) is 5.91 Å². The van der Waals surface area contributed by atoms with Gasteiger partial charge in [0, 0.05) is 11.6 Å². The first kappa shape index (κ1) is 23.9. The SMILES string of the molecule is O=C(NCC(F)(F)F)c1cc(NC(=O)[C@H]2[C@H](c3ccc(Cl)c(F)c3)C2(Cl)Cl)ccc1Cl. The predicted octanol–water partition coefficient (Wildman–Crippen LogP) is 5.95. The maximum atomic E-state index is 13.7. The van der Waals surface area contributed by atoms with Gasteiger partial charge in [-0.1, -0.05) is 29.3 Å². The third-order valence-corrected chi connectivity index (χ3v) is 6.14. The summed E-state index contributed by atoms with van der Waals surface area (Å²) >= 11 is 24.0. The molecule has 2 atom stereocenters. The molecular formula is C19H12Cl4F4N2O2. The Labute approximate surface area is 193 Å². The van der Waals surface area contributed by atoms with Crippen LogP contribution < -0.4 is 10.6 Å². The molecule has 0 aromatic heterocycles. The highest BCUT2D eigenvalue weighted by atomic mass is 35.5. The van der Waals surface area contributed by atoms with Gasteiger partial charge in [-0.05, 0) is 35.9 Å². The molecule has 166 valence electrons. The molecule has 0 saturated heterocycles. The third kappa shape index (κ3) is 5.37. The van der Waals surface area contributed by atoms with Crippen molar-refractivity contribution in [1.82, 2.24) is 5.32 Å². The standard InChI is InChI=1S/C19H12Cl4F4N2O2/c20-11-4-2-9(6-10(11)16(30)28-7-18(25,26)27)29-17(31)15-14(19(15,22)23)8-1-3-12(21)13(24)5-8/h1-6,14-15H,7H2,(H,28,30)(H,29,31)/t14-,15+/m0/s1. The lowest BCUT2D eigenvalue weighted by Gasteiger charge is -2.11. The third-order valence-electron chi connectivity index (χ3n) is 4.57. The van der Waals surface area contributed by atoms with Gasteiger partial charge in [-0.3, -0.25) is 9.59 Å². The van der Waals surface area contributed by atoms with E-state index in [1.807, 2.05) is 0 Å². The van der Waals surface area contributed by atoms with Crippen LogP contribution in [0.15, 0.2) is 36.4 Å². The molecule has 1 aliphatic rings. The van der Waals surface area contributed by atoms with Crippen molar-refractivity contribution in [2.24, 2.45) is 5.92 Å². The molecule has 0 spiro atoms. The number of carbonyl (C=O) groups excluding carboxylic acids is 2. The van der Waals surface area contributed by atoms with Crippen molar-refractivity contribution in [3.8, 4) is 0 Å². The molecule has 0 heterocycles. The molecule has 0 bridgehead atoms. The average Bonchev–Trinajstić information content (AvgIpc) is 3.25. The summed E-state index contributed by atoms with van der Waals surface area (Å²) in [6.45, 7) is -1.54. The number of benzene rings is 2. The van der Waals surface area contributed by atoms with E-state index in [2.05, 4.69) is 5.32 Å². The highest BCUT2D eigenvalue weighted by Gasteiger charge is 2.67. The van der Waals surface area contributed by atoms with E-state index in [0.29, 0.717) is 5.56 Å². The van der Waals surface area contributed by atoms with E-state index in [1.165, 1.54) is 24.3 Å². The minimum atomic E-state index is -4.60. The van der Waals surface area contributed by atoms with Gasteiger partial charge < -0.3 is 10.6 Å². The number of carbonyl (C=O) groups is 2. The van der Waals surface area contributed by atoms with Gasteiger partial charge >= 0.3 is 6.18 Å². The van der Waals surface area contributed by atoms with Crippen molar-refractivity contribution in [1.29, 1.82) is 0 Å². The summed E-state index contributed by atoms with van der Waals surface area (Å²) in [5.74, 6) is -4.06. The molecule has 2 aromatic carbocycles. The van der Waals surface area contributed by atoms with Crippen molar-refractivity contribution in [2.45, 2.75) is 16.4 Å². The van der Waals surface area contributed by atoms with Crippen LogP contribution in [0.25, 0.3) is 0 Å². The molecule has 31 heavy (non-hydrogen) atoms. The second-order valence-corrected chi connectivity index (χ2v) is 9.04. The zero-order chi connectivity index (χ0) is 23.1. The maximum Gasteiger partial charge on any atom is 0.405 e. The zero-order valence-electron chi connectivity index (χ0n) is 15.2. The molecule has 0 radical (unpaired) electrons. The Morgan fingerprint density at radius 3 is 2.29 bits per heavy atom. The molecule has 1 saturated carbocycles. The molecule has 1 aliphatic carbocycles. The summed E-state index contributed by atoms with van der Waals surface area (Å²) in [5.41, 5.74) is 0.192. The Kier molecular flexibility index (Phi) is 6.68. The number of halogens is 8. The molecular weight excluding hydrogens is 506 g/mol. The first-order valence-electron chi connectivity index (χ1n) is 8.59. The number of alkyl halides is 5. The largest absolute Gasteiger partial charge is 0.405 e. The summed E-state index contributed by atoms with van der Waals surface area (Å²) in [6, 6.07) is 7.65. The number of rotatable bonds is 5. The fourth-order valence-electron chi connectivity index (χ4n) is 3.05. The van der Waals surface area contributed by atoms with E-state index < -0.39 is 46.5 Å². The van der Waals surface area contributed by atoms with Crippen molar-refractivity contribution in [2.75, 3.05) is 11.9 Å². The fraction of sp³-hybridized carbons (Fsp3) is 0.263. The second-order valence-electron chi connectivity index (χ2n) is 6.79. The van der Waals surface area contributed by atoms with E-state index >= 15 is 0 Å². The summed E-state index contributed by atoms with van der Waals surface area (Å²) in [4.78, 5) is 24.7. The summed E-state index contributed by atoms with van der Waals surface area (Å²) < 4.78 is 49.2. The van der Waals surface area contributed by atoms with E-state index in [-0.39, 0.29) is 21.3 Å². The number of anilines is 1. The maximum absolute atomic E-state index is 13.7. The Balaban J connectivity index is 1.74. The highest BCUT2D eigenvalue weighted by molar-refractivity contribution is 6.53. The molecule has 12 heteroatoms. The van der Waals surface area contributed by atoms with Crippen molar-refractivity contribution < 1.29 is 27.2 Å². The first-order valence-corrected chi connectivity index (χ1v) is 10.1.